The molecule has 3 aromatic rings. The third kappa shape index (κ3) is 5.29. The van der Waals surface area contributed by atoms with E-state index in [-0.39, 0.29) is 31.5 Å². The van der Waals surface area contributed by atoms with Crippen LogP contribution in [0.25, 0.3) is 22.7 Å². The van der Waals surface area contributed by atoms with Crippen molar-refractivity contribution in [3.05, 3.63) is 48.2 Å². The molecule has 1 fully saturated rings. The fourth-order valence-corrected chi connectivity index (χ4v) is 3.73. The van der Waals surface area contributed by atoms with E-state index >= 15 is 0 Å². The Hall–Kier alpha value is -3.86. The van der Waals surface area contributed by atoms with Crippen LogP contribution < -0.4 is 10.6 Å². The molecule has 0 radical (unpaired) electrons. The van der Waals surface area contributed by atoms with E-state index in [9.17, 15) is 14.0 Å². The van der Waals surface area contributed by atoms with Crippen LogP contribution in [0.1, 0.15) is 19.7 Å². The highest BCUT2D eigenvalue weighted by molar-refractivity contribution is 5.90. The van der Waals surface area contributed by atoms with Gasteiger partial charge in [0.15, 0.2) is 6.10 Å². The molecule has 0 bridgehead atoms. The monoisotopic (exact) mass is 483 g/mol. The maximum atomic E-state index is 15.0. The summed E-state index contributed by atoms with van der Waals surface area (Å²) in [5.41, 5.74) is 7.30. The van der Waals surface area contributed by atoms with E-state index in [1.165, 1.54) is 17.2 Å². The third-order valence-corrected chi connectivity index (χ3v) is 5.73. The van der Waals surface area contributed by atoms with Gasteiger partial charge in [-0.05, 0) is 30.2 Å². The number of benzene rings is 1. The highest BCUT2D eigenvalue weighted by atomic mass is 19.1. The number of nitrogens with zero attached hydrogens (tertiary/aromatic N) is 4. The number of hydrogen-bond donors (Lipinski definition) is 1. The molecule has 0 saturated carbocycles. The molecule has 3 heterocycles. The Balaban J connectivity index is 1.42. The molecule has 1 aliphatic heterocycles. The molecule has 0 spiro atoms. The van der Waals surface area contributed by atoms with Crippen molar-refractivity contribution in [2.45, 2.75) is 26.9 Å². The quantitative estimate of drug-likeness (QED) is 0.479. The summed E-state index contributed by atoms with van der Waals surface area (Å²) in [6.07, 6.45) is 0.205. The Morgan fingerprint density at radius 3 is 2.69 bits per heavy atom. The second-order valence-corrected chi connectivity index (χ2v) is 8.56. The maximum Gasteiger partial charge on any atom is 0.414 e. The van der Waals surface area contributed by atoms with Gasteiger partial charge in [0.1, 0.15) is 18.1 Å². The lowest BCUT2D eigenvalue weighted by Crippen LogP contribution is -2.33. The van der Waals surface area contributed by atoms with E-state index in [2.05, 4.69) is 15.2 Å². The molecule has 11 heteroatoms. The lowest BCUT2D eigenvalue weighted by atomic mass is 9.96. The summed E-state index contributed by atoms with van der Waals surface area (Å²) in [6, 6.07) is 7.79. The normalized spacial score (nSPS) is 16.5. The smallest absolute Gasteiger partial charge is 0.414 e. The largest absolute Gasteiger partial charge is 0.461 e. The molecule has 1 aliphatic rings. The first-order valence-corrected chi connectivity index (χ1v) is 11.2. The standard InChI is InChI=1S/C24H26FN5O5/c1-13(2)19(9-26)23(31)33-12-17-11-30(24(32)35-17)16-5-6-18(20(25)8-16)15-4-7-21(27-10-15)22-29-28-14(3)34-22/h4-8,10,13,17,19H,9,11-12,26H2,1-3H3/t17-,19?/m1/s1. The van der Waals surface area contributed by atoms with Gasteiger partial charge in [0.05, 0.1) is 18.2 Å². The van der Waals surface area contributed by atoms with Gasteiger partial charge in [-0.2, -0.15) is 0 Å². The molecule has 2 N–H and O–H groups in total. The number of carbonyl (C=O) groups excluding carboxylic acids is 2. The van der Waals surface area contributed by atoms with Crippen molar-refractivity contribution < 1.29 is 27.9 Å². The van der Waals surface area contributed by atoms with Gasteiger partial charge in [0.25, 0.3) is 5.89 Å². The second-order valence-electron chi connectivity index (χ2n) is 8.56. The topological polar surface area (TPSA) is 134 Å². The van der Waals surface area contributed by atoms with Crippen molar-refractivity contribution in [2.75, 3.05) is 24.6 Å². The first-order chi connectivity index (χ1) is 16.8. The van der Waals surface area contributed by atoms with Crippen LogP contribution in [0.4, 0.5) is 14.9 Å². The number of carbonyl (C=O) groups is 2. The molecule has 2 aromatic heterocycles. The number of ether oxygens (including phenoxy) is 2. The van der Waals surface area contributed by atoms with Crippen molar-refractivity contribution in [1.82, 2.24) is 15.2 Å². The number of hydrogen-bond acceptors (Lipinski definition) is 9. The Bertz CT molecular complexity index is 1210. The Morgan fingerprint density at radius 2 is 2.09 bits per heavy atom. The number of anilines is 1. The van der Waals surface area contributed by atoms with Crippen molar-refractivity contribution in [3.63, 3.8) is 0 Å². The third-order valence-electron chi connectivity index (χ3n) is 5.73. The highest BCUT2D eigenvalue weighted by Gasteiger charge is 2.34. The summed E-state index contributed by atoms with van der Waals surface area (Å²) in [6.45, 7) is 5.65. The van der Waals surface area contributed by atoms with Crippen LogP contribution >= 0.6 is 0 Å². The minimum absolute atomic E-state index is 0.0334. The van der Waals surface area contributed by atoms with E-state index in [1.807, 2.05) is 13.8 Å². The van der Waals surface area contributed by atoms with Gasteiger partial charge < -0.3 is 19.6 Å². The number of aryl methyl sites for hydroxylation is 1. The van der Waals surface area contributed by atoms with Crippen LogP contribution in [0.2, 0.25) is 0 Å². The second kappa shape index (κ2) is 10.2. The zero-order valence-corrected chi connectivity index (χ0v) is 19.6. The van der Waals surface area contributed by atoms with E-state index < -0.39 is 29.9 Å². The van der Waals surface area contributed by atoms with Crippen molar-refractivity contribution in [1.29, 1.82) is 0 Å². The molecule has 1 unspecified atom stereocenters. The van der Waals surface area contributed by atoms with Gasteiger partial charge in [0, 0.05) is 30.8 Å². The van der Waals surface area contributed by atoms with Crippen LogP contribution in [0.15, 0.2) is 40.9 Å². The first kappa shape index (κ1) is 24.3. The summed E-state index contributed by atoms with van der Waals surface area (Å²) in [7, 11) is 0. The number of amides is 1. The van der Waals surface area contributed by atoms with E-state index in [0.29, 0.717) is 28.4 Å². The van der Waals surface area contributed by atoms with Crippen LogP contribution in [0.3, 0.4) is 0 Å². The number of nitrogens with two attached hydrogens (primary N) is 1. The van der Waals surface area contributed by atoms with Gasteiger partial charge in [-0.3, -0.25) is 14.7 Å². The number of pyridine rings is 1. The lowest BCUT2D eigenvalue weighted by Gasteiger charge is -2.18. The van der Waals surface area contributed by atoms with Crippen molar-refractivity contribution >= 4 is 17.7 Å². The number of cyclic esters (lactones) is 1. The summed E-state index contributed by atoms with van der Waals surface area (Å²) in [4.78, 5) is 30.1. The molecule has 4 rings (SSSR count). The minimum Gasteiger partial charge on any atom is -0.461 e. The number of esters is 1. The van der Waals surface area contributed by atoms with Gasteiger partial charge >= 0.3 is 12.1 Å². The van der Waals surface area contributed by atoms with Gasteiger partial charge in [-0.25, -0.2) is 9.18 Å². The molecule has 35 heavy (non-hydrogen) atoms. The summed E-state index contributed by atoms with van der Waals surface area (Å²) >= 11 is 0. The zero-order chi connectivity index (χ0) is 25.1. The average molecular weight is 484 g/mol. The predicted molar refractivity (Wildman–Crippen MR) is 124 cm³/mol. The fourth-order valence-electron chi connectivity index (χ4n) is 3.73. The molecule has 1 amide bonds. The number of aromatic nitrogens is 3. The molecule has 184 valence electrons. The predicted octanol–water partition coefficient (Wildman–Crippen LogP) is 3.35. The van der Waals surface area contributed by atoms with Gasteiger partial charge in [-0.15, -0.1) is 10.2 Å². The first-order valence-electron chi connectivity index (χ1n) is 11.2. The fraction of sp³-hybridized carbons (Fsp3) is 0.375. The van der Waals surface area contributed by atoms with Crippen LogP contribution in [0, 0.1) is 24.6 Å². The molecule has 1 saturated heterocycles. The van der Waals surface area contributed by atoms with Crippen LogP contribution in [-0.2, 0) is 14.3 Å². The molecular weight excluding hydrogens is 457 g/mol. The zero-order valence-electron chi connectivity index (χ0n) is 19.6. The van der Waals surface area contributed by atoms with E-state index in [0.717, 1.165) is 0 Å². The number of rotatable bonds is 8. The average Bonchev–Trinajstić information content (AvgIpc) is 3.43. The summed E-state index contributed by atoms with van der Waals surface area (Å²) < 4.78 is 30.9. The SMILES string of the molecule is Cc1nnc(-c2ccc(-c3ccc(N4C[C@H](COC(=O)C(CN)C(C)C)OC4=O)cc3F)cn2)o1. The number of halogens is 1. The lowest BCUT2D eigenvalue weighted by molar-refractivity contribution is -0.152. The van der Waals surface area contributed by atoms with Crippen molar-refractivity contribution in [2.24, 2.45) is 17.6 Å². The van der Waals surface area contributed by atoms with Crippen LogP contribution in [0.5, 0.6) is 0 Å². The molecular formula is C24H26FN5O5. The highest BCUT2D eigenvalue weighted by Crippen LogP contribution is 2.30. The van der Waals surface area contributed by atoms with Gasteiger partial charge in [-0.1, -0.05) is 19.9 Å². The Labute approximate surface area is 201 Å². The summed E-state index contributed by atoms with van der Waals surface area (Å²) in [5, 5.41) is 7.68. The molecule has 2 atom stereocenters. The maximum absolute atomic E-state index is 15.0. The Kier molecular flexibility index (Phi) is 7.06. The van der Waals surface area contributed by atoms with Gasteiger partial charge in [0.2, 0.25) is 5.89 Å². The molecule has 10 nitrogen and oxygen atoms in total. The summed E-state index contributed by atoms with van der Waals surface area (Å²) in [5.74, 6) is -0.656. The van der Waals surface area contributed by atoms with E-state index in [4.69, 9.17) is 19.6 Å². The van der Waals surface area contributed by atoms with Crippen LogP contribution in [-0.4, -0.2) is 53.0 Å². The molecule has 1 aromatic carbocycles. The minimum atomic E-state index is -0.662. The molecule has 0 aliphatic carbocycles. The van der Waals surface area contributed by atoms with Crippen molar-refractivity contribution in [3.8, 4) is 22.7 Å². The van der Waals surface area contributed by atoms with E-state index in [1.54, 1.807) is 31.2 Å². The Morgan fingerprint density at radius 1 is 1.29 bits per heavy atom.